The Bertz CT molecular complexity index is 408. The van der Waals surface area contributed by atoms with Crippen LogP contribution in [-0.2, 0) is 0 Å². The molecular weight excluding hydrogens is 368 g/mol. The molecule has 1 N–H and O–H groups in total. The molecule has 1 atom stereocenters. The Kier molecular flexibility index (Phi) is 6.07. The summed E-state index contributed by atoms with van der Waals surface area (Å²) in [5.74, 6) is 0. The van der Waals surface area contributed by atoms with E-state index in [-0.39, 0.29) is 0 Å². The normalized spacial score (nSPS) is 18.2. The smallest absolute Gasteiger partial charge is 0.0352 e. The second-order valence-electron chi connectivity index (χ2n) is 4.87. The predicted molar refractivity (Wildman–Crippen MR) is 88.5 cm³/mol. The van der Waals surface area contributed by atoms with Gasteiger partial charge in [0.1, 0.15) is 0 Å². The molecule has 2 nitrogen and oxygen atoms in total. The van der Waals surface area contributed by atoms with E-state index in [1.807, 2.05) is 6.08 Å². The lowest BCUT2D eigenvalue weighted by Gasteiger charge is -2.35. The average molecular weight is 388 g/mol. The van der Waals surface area contributed by atoms with Gasteiger partial charge in [0.05, 0.1) is 0 Å². The second-order valence-corrected chi connectivity index (χ2v) is 6.70. The van der Waals surface area contributed by atoms with Crippen molar-refractivity contribution in [3.63, 3.8) is 0 Å². The first kappa shape index (κ1) is 15.2. The number of benzene rings is 1. The minimum Gasteiger partial charge on any atom is -0.314 e. The third-order valence-corrected chi connectivity index (χ3v) is 4.42. The molecular formula is C15H20Br2N2. The lowest BCUT2D eigenvalue weighted by molar-refractivity contribution is 0.166. The maximum atomic E-state index is 3.86. The zero-order valence-electron chi connectivity index (χ0n) is 11.0. The molecule has 0 spiro atoms. The molecule has 1 aliphatic rings. The second kappa shape index (κ2) is 7.58. The van der Waals surface area contributed by atoms with Crippen LogP contribution < -0.4 is 5.32 Å². The summed E-state index contributed by atoms with van der Waals surface area (Å²) in [5, 5.41) is 3.42. The number of hydrogen-bond acceptors (Lipinski definition) is 2. The fourth-order valence-corrected chi connectivity index (χ4v) is 3.93. The van der Waals surface area contributed by atoms with Gasteiger partial charge in [0, 0.05) is 41.2 Å². The van der Waals surface area contributed by atoms with Crippen LogP contribution in [0.1, 0.15) is 24.4 Å². The van der Waals surface area contributed by atoms with Gasteiger partial charge in [0.15, 0.2) is 0 Å². The molecule has 0 amide bonds. The molecule has 104 valence electrons. The first-order valence-electron chi connectivity index (χ1n) is 6.72. The van der Waals surface area contributed by atoms with Crippen LogP contribution in [0.3, 0.4) is 0 Å². The number of hydrogen-bond donors (Lipinski definition) is 1. The Labute approximate surface area is 132 Å². The Morgan fingerprint density at radius 2 is 1.84 bits per heavy atom. The lowest BCUT2D eigenvalue weighted by Crippen LogP contribution is -2.45. The number of allylic oxidation sites excluding steroid dienone is 1. The molecule has 0 aromatic heterocycles. The molecule has 2 rings (SSSR count). The fourth-order valence-electron chi connectivity index (χ4n) is 2.60. The van der Waals surface area contributed by atoms with E-state index in [9.17, 15) is 0 Å². The van der Waals surface area contributed by atoms with Crippen molar-refractivity contribution in [2.24, 2.45) is 0 Å². The van der Waals surface area contributed by atoms with Crippen molar-refractivity contribution >= 4 is 31.9 Å². The summed E-state index contributed by atoms with van der Waals surface area (Å²) >= 11 is 7.18. The van der Waals surface area contributed by atoms with E-state index in [4.69, 9.17) is 0 Å². The molecule has 0 radical (unpaired) electrons. The van der Waals surface area contributed by atoms with Gasteiger partial charge >= 0.3 is 0 Å². The highest BCUT2D eigenvalue weighted by atomic mass is 79.9. The maximum absolute atomic E-state index is 3.86. The average Bonchev–Trinajstić information content (AvgIpc) is 2.39. The lowest BCUT2D eigenvalue weighted by atomic mass is 9.99. The Hall–Kier alpha value is -0.160. The van der Waals surface area contributed by atoms with E-state index in [1.165, 1.54) is 5.56 Å². The molecule has 4 heteroatoms. The zero-order valence-corrected chi connectivity index (χ0v) is 14.2. The van der Waals surface area contributed by atoms with Crippen molar-refractivity contribution in [2.45, 2.75) is 18.9 Å². The summed E-state index contributed by atoms with van der Waals surface area (Å²) in [6.07, 6.45) is 4.20. The van der Waals surface area contributed by atoms with Crippen LogP contribution in [0, 0.1) is 0 Å². The Morgan fingerprint density at radius 1 is 1.21 bits per heavy atom. The van der Waals surface area contributed by atoms with E-state index in [0.29, 0.717) is 6.04 Å². The Balaban J connectivity index is 2.21. The topological polar surface area (TPSA) is 15.3 Å². The van der Waals surface area contributed by atoms with Crippen LogP contribution in [0.15, 0.2) is 39.8 Å². The van der Waals surface area contributed by atoms with Crippen molar-refractivity contribution in [1.82, 2.24) is 10.2 Å². The summed E-state index contributed by atoms with van der Waals surface area (Å²) in [4.78, 5) is 2.58. The van der Waals surface area contributed by atoms with Crippen molar-refractivity contribution in [2.75, 3.05) is 26.2 Å². The van der Waals surface area contributed by atoms with Gasteiger partial charge in [0.25, 0.3) is 0 Å². The van der Waals surface area contributed by atoms with E-state index in [0.717, 1.165) is 48.0 Å². The van der Waals surface area contributed by atoms with Gasteiger partial charge in [0.2, 0.25) is 0 Å². The van der Waals surface area contributed by atoms with Gasteiger partial charge in [-0.2, -0.15) is 0 Å². The van der Waals surface area contributed by atoms with Gasteiger partial charge in [-0.25, -0.2) is 0 Å². The van der Waals surface area contributed by atoms with Crippen molar-refractivity contribution in [3.8, 4) is 0 Å². The minimum atomic E-state index is 0.480. The van der Waals surface area contributed by atoms with Gasteiger partial charge < -0.3 is 5.32 Å². The van der Waals surface area contributed by atoms with Crippen LogP contribution >= 0.6 is 31.9 Å². The summed E-state index contributed by atoms with van der Waals surface area (Å²) in [6, 6.07) is 7.04. The molecule has 0 aliphatic carbocycles. The predicted octanol–water partition coefficient (Wildman–Crippen LogP) is 4.12. The molecule has 1 aliphatic heterocycles. The monoisotopic (exact) mass is 386 g/mol. The number of piperazine rings is 1. The van der Waals surface area contributed by atoms with Crippen LogP contribution in [0.4, 0.5) is 0 Å². The molecule has 1 aromatic carbocycles. The zero-order chi connectivity index (χ0) is 13.7. The third kappa shape index (κ3) is 4.42. The highest BCUT2D eigenvalue weighted by molar-refractivity contribution is 9.11. The molecule has 1 aromatic rings. The van der Waals surface area contributed by atoms with Crippen molar-refractivity contribution in [3.05, 3.63) is 45.4 Å². The number of nitrogens with zero attached hydrogens (tertiary/aromatic N) is 1. The molecule has 1 heterocycles. The number of nitrogens with one attached hydrogen (secondary N) is 1. The highest BCUT2D eigenvalue weighted by Crippen LogP contribution is 2.31. The molecule has 19 heavy (non-hydrogen) atoms. The molecule has 0 saturated carbocycles. The highest BCUT2D eigenvalue weighted by Gasteiger charge is 2.22. The molecule has 1 saturated heterocycles. The van der Waals surface area contributed by atoms with E-state index in [1.54, 1.807) is 0 Å². The largest absolute Gasteiger partial charge is 0.314 e. The van der Waals surface area contributed by atoms with Crippen molar-refractivity contribution < 1.29 is 0 Å². The fraction of sp³-hybridized carbons (Fsp3) is 0.467. The third-order valence-electron chi connectivity index (χ3n) is 3.51. The molecule has 0 bridgehead atoms. The van der Waals surface area contributed by atoms with Gasteiger partial charge in [-0.05, 0) is 36.6 Å². The van der Waals surface area contributed by atoms with Crippen LogP contribution in [0.5, 0.6) is 0 Å². The van der Waals surface area contributed by atoms with Crippen LogP contribution in [-0.4, -0.2) is 31.1 Å². The first-order valence-corrected chi connectivity index (χ1v) is 8.31. The number of rotatable bonds is 5. The van der Waals surface area contributed by atoms with Crippen molar-refractivity contribution in [1.29, 1.82) is 0 Å². The van der Waals surface area contributed by atoms with Gasteiger partial charge in [-0.15, -0.1) is 6.58 Å². The SMILES string of the molecule is C=CCC[C@@H](c1cc(Br)cc(Br)c1)N1CCNCC1. The van der Waals surface area contributed by atoms with E-state index in [2.05, 4.69) is 66.9 Å². The van der Waals surface area contributed by atoms with Crippen LogP contribution in [0.25, 0.3) is 0 Å². The van der Waals surface area contributed by atoms with Gasteiger partial charge in [-0.3, -0.25) is 4.90 Å². The number of halogens is 2. The molecule has 1 fully saturated rings. The van der Waals surface area contributed by atoms with E-state index >= 15 is 0 Å². The standard InChI is InChI=1S/C15H20Br2N2/c1-2-3-4-15(19-7-5-18-6-8-19)12-9-13(16)11-14(17)10-12/h2,9-11,15,18H,1,3-8H2/t15-/m0/s1. The summed E-state index contributed by atoms with van der Waals surface area (Å²) in [6.45, 7) is 8.26. The van der Waals surface area contributed by atoms with E-state index < -0.39 is 0 Å². The summed E-state index contributed by atoms with van der Waals surface area (Å²) < 4.78 is 2.27. The quantitative estimate of drug-likeness (QED) is 0.764. The van der Waals surface area contributed by atoms with Gasteiger partial charge in [-0.1, -0.05) is 37.9 Å². The summed E-state index contributed by atoms with van der Waals surface area (Å²) in [5.41, 5.74) is 1.38. The first-order chi connectivity index (χ1) is 9.20. The maximum Gasteiger partial charge on any atom is 0.0352 e. The van der Waals surface area contributed by atoms with Crippen LogP contribution in [0.2, 0.25) is 0 Å². The Morgan fingerprint density at radius 3 is 2.42 bits per heavy atom. The minimum absolute atomic E-state index is 0.480. The molecule has 0 unspecified atom stereocenters. The summed E-state index contributed by atoms with van der Waals surface area (Å²) in [7, 11) is 0.